The molecular formula is C16H19N5O. The van der Waals surface area contributed by atoms with Crippen LogP contribution < -0.4 is 10.1 Å². The highest BCUT2D eigenvalue weighted by molar-refractivity contribution is 5.86. The predicted octanol–water partition coefficient (Wildman–Crippen LogP) is 3.10. The van der Waals surface area contributed by atoms with E-state index in [9.17, 15) is 0 Å². The molecule has 2 N–H and O–H groups in total. The van der Waals surface area contributed by atoms with Gasteiger partial charge in [-0.3, -0.25) is 5.10 Å². The molecular weight excluding hydrogens is 278 g/mol. The van der Waals surface area contributed by atoms with Crippen LogP contribution in [0.2, 0.25) is 0 Å². The Labute approximate surface area is 128 Å². The summed E-state index contributed by atoms with van der Waals surface area (Å²) in [5, 5.41) is 10.7. The number of benzene rings is 1. The van der Waals surface area contributed by atoms with Crippen molar-refractivity contribution in [3.8, 4) is 5.75 Å². The lowest BCUT2D eigenvalue weighted by atomic mass is 10.1. The Morgan fingerprint density at radius 1 is 1.18 bits per heavy atom. The minimum absolute atomic E-state index is 0.318. The van der Waals surface area contributed by atoms with Crippen molar-refractivity contribution in [3.63, 3.8) is 0 Å². The van der Waals surface area contributed by atoms with Crippen LogP contribution in [0.25, 0.3) is 11.0 Å². The van der Waals surface area contributed by atoms with Crippen molar-refractivity contribution < 1.29 is 4.74 Å². The van der Waals surface area contributed by atoms with Gasteiger partial charge >= 0.3 is 0 Å². The molecule has 0 aliphatic heterocycles. The number of nitrogens with one attached hydrogen (secondary N) is 2. The molecule has 0 unspecified atom stereocenters. The van der Waals surface area contributed by atoms with Gasteiger partial charge in [0.05, 0.1) is 12.8 Å². The van der Waals surface area contributed by atoms with E-state index in [1.54, 1.807) is 13.4 Å². The van der Waals surface area contributed by atoms with Crippen LogP contribution >= 0.6 is 0 Å². The van der Waals surface area contributed by atoms with Gasteiger partial charge in [0.15, 0.2) is 5.82 Å². The summed E-state index contributed by atoms with van der Waals surface area (Å²) < 4.78 is 5.16. The topological polar surface area (TPSA) is 75.7 Å². The Bertz CT molecular complexity index is 764. The van der Waals surface area contributed by atoms with Crippen molar-refractivity contribution >= 4 is 16.9 Å². The number of rotatable bonds is 5. The Kier molecular flexibility index (Phi) is 3.91. The lowest BCUT2D eigenvalue weighted by Gasteiger charge is -2.07. The lowest BCUT2D eigenvalue weighted by molar-refractivity contribution is 0.414. The predicted molar refractivity (Wildman–Crippen MR) is 86.1 cm³/mol. The zero-order chi connectivity index (χ0) is 15.5. The van der Waals surface area contributed by atoms with Crippen molar-refractivity contribution in [2.24, 2.45) is 0 Å². The standard InChI is InChI=1S/C16H19N5O/c1-10(2)13-14-15(21-20-13)16(19-9-18-14)17-8-11-4-6-12(22-3)7-5-11/h4-7,9-10H,8H2,1-3H3,(H,20,21)(H,17,18,19). The lowest BCUT2D eigenvalue weighted by Crippen LogP contribution is -2.02. The number of hydrogen-bond donors (Lipinski definition) is 2. The van der Waals surface area contributed by atoms with Crippen LogP contribution in [0.15, 0.2) is 30.6 Å². The van der Waals surface area contributed by atoms with E-state index in [0.717, 1.165) is 33.9 Å². The fourth-order valence-electron chi connectivity index (χ4n) is 2.32. The van der Waals surface area contributed by atoms with Crippen LogP contribution in [0.1, 0.15) is 31.0 Å². The maximum atomic E-state index is 5.16. The molecule has 6 nitrogen and oxygen atoms in total. The molecule has 3 rings (SSSR count). The molecule has 0 radical (unpaired) electrons. The summed E-state index contributed by atoms with van der Waals surface area (Å²) in [4.78, 5) is 8.65. The molecule has 6 heteroatoms. The van der Waals surface area contributed by atoms with E-state index >= 15 is 0 Å². The van der Waals surface area contributed by atoms with Gasteiger partial charge in [-0.25, -0.2) is 9.97 Å². The highest BCUT2D eigenvalue weighted by atomic mass is 16.5. The fraction of sp³-hybridized carbons (Fsp3) is 0.312. The molecule has 22 heavy (non-hydrogen) atoms. The zero-order valence-electron chi connectivity index (χ0n) is 12.9. The summed E-state index contributed by atoms with van der Waals surface area (Å²) in [6.45, 7) is 4.87. The third-order valence-corrected chi connectivity index (χ3v) is 3.54. The molecule has 0 saturated heterocycles. The van der Waals surface area contributed by atoms with Crippen LogP contribution in [0.5, 0.6) is 5.75 Å². The normalized spacial score (nSPS) is 11.1. The highest BCUT2D eigenvalue weighted by Crippen LogP contribution is 2.24. The molecule has 0 aliphatic rings. The zero-order valence-corrected chi connectivity index (χ0v) is 12.9. The number of ether oxygens (including phenoxy) is 1. The van der Waals surface area contributed by atoms with E-state index in [0.29, 0.717) is 12.5 Å². The molecule has 3 aromatic rings. The molecule has 2 aromatic heterocycles. The third-order valence-electron chi connectivity index (χ3n) is 3.54. The molecule has 0 saturated carbocycles. The second-order valence-corrected chi connectivity index (χ2v) is 5.41. The van der Waals surface area contributed by atoms with Gasteiger partial charge in [-0.05, 0) is 23.6 Å². The molecule has 0 bridgehead atoms. The number of hydrogen-bond acceptors (Lipinski definition) is 5. The average Bonchev–Trinajstić information content (AvgIpc) is 2.98. The van der Waals surface area contributed by atoms with Crippen LogP contribution in [0.4, 0.5) is 5.82 Å². The Hall–Kier alpha value is -2.63. The van der Waals surface area contributed by atoms with Gasteiger partial charge in [-0.1, -0.05) is 26.0 Å². The van der Waals surface area contributed by atoms with E-state index in [1.165, 1.54) is 0 Å². The first kappa shape index (κ1) is 14.3. The second-order valence-electron chi connectivity index (χ2n) is 5.41. The van der Waals surface area contributed by atoms with Gasteiger partial charge in [0.25, 0.3) is 0 Å². The van der Waals surface area contributed by atoms with Crippen molar-refractivity contribution in [1.82, 2.24) is 20.2 Å². The summed E-state index contributed by atoms with van der Waals surface area (Å²) in [7, 11) is 1.66. The van der Waals surface area contributed by atoms with Crippen LogP contribution in [-0.4, -0.2) is 27.3 Å². The van der Waals surface area contributed by atoms with E-state index < -0.39 is 0 Å². The van der Waals surface area contributed by atoms with Crippen molar-refractivity contribution in [2.75, 3.05) is 12.4 Å². The summed E-state index contributed by atoms with van der Waals surface area (Å²) in [6.07, 6.45) is 1.57. The molecule has 0 aliphatic carbocycles. The number of nitrogens with zero attached hydrogens (tertiary/aromatic N) is 3. The minimum Gasteiger partial charge on any atom is -0.497 e. The molecule has 0 fully saturated rings. The summed E-state index contributed by atoms with van der Waals surface area (Å²) in [5.74, 6) is 1.93. The van der Waals surface area contributed by atoms with Gasteiger partial charge < -0.3 is 10.1 Å². The number of methoxy groups -OCH3 is 1. The molecule has 2 heterocycles. The van der Waals surface area contributed by atoms with Crippen LogP contribution in [-0.2, 0) is 6.54 Å². The van der Waals surface area contributed by atoms with Gasteiger partial charge in [0, 0.05) is 6.54 Å². The van der Waals surface area contributed by atoms with Crippen molar-refractivity contribution in [2.45, 2.75) is 26.3 Å². The third kappa shape index (κ3) is 2.72. The second kappa shape index (κ2) is 6.01. The monoisotopic (exact) mass is 297 g/mol. The Morgan fingerprint density at radius 2 is 1.95 bits per heavy atom. The van der Waals surface area contributed by atoms with Gasteiger partial charge in [-0.15, -0.1) is 0 Å². The summed E-state index contributed by atoms with van der Waals surface area (Å²) >= 11 is 0. The maximum Gasteiger partial charge on any atom is 0.155 e. The minimum atomic E-state index is 0.318. The van der Waals surface area contributed by atoms with Crippen LogP contribution in [0.3, 0.4) is 0 Å². The average molecular weight is 297 g/mol. The first-order valence-electron chi connectivity index (χ1n) is 7.25. The van der Waals surface area contributed by atoms with Gasteiger partial charge in [0.1, 0.15) is 23.1 Å². The number of anilines is 1. The van der Waals surface area contributed by atoms with Gasteiger partial charge in [0.2, 0.25) is 0 Å². The largest absolute Gasteiger partial charge is 0.497 e. The van der Waals surface area contributed by atoms with E-state index in [4.69, 9.17) is 4.74 Å². The van der Waals surface area contributed by atoms with Crippen molar-refractivity contribution in [1.29, 1.82) is 0 Å². The SMILES string of the molecule is COc1ccc(CNc2ncnc3c(C(C)C)n[nH]c23)cc1. The Morgan fingerprint density at radius 3 is 2.64 bits per heavy atom. The summed E-state index contributed by atoms with van der Waals surface area (Å²) in [6, 6.07) is 7.94. The number of aromatic nitrogens is 4. The van der Waals surface area contributed by atoms with E-state index in [1.807, 2.05) is 24.3 Å². The molecule has 0 spiro atoms. The quantitative estimate of drug-likeness (QED) is 0.757. The smallest absolute Gasteiger partial charge is 0.155 e. The maximum absolute atomic E-state index is 5.16. The van der Waals surface area contributed by atoms with Crippen LogP contribution in [0, 0.1) is 0 Å². The Balaban J connectivity index is 1.81. The van der Waals surface area contributed by atoms with E-state index in [-0.39, 0.29) is 0 Å². The van der Waals surface area contributed by atoms with Gasteiger partial charge in [-0.2, -0.15) is 5.10 Å². The molecule has 114 valence electrons. The summed E-state index contributed by atoms with van der Waals surface area (Å²) in [5.41, 5.74) is 3.84. The first-order valence-corrected chi connectivity index (χ1v) is 7.25. The number of H-pyrrole nitrogens is 1. The number of fused-ring (bicyclic) bond motifs is 1. The molecule has 0 atom stereocenters. The molecule has 0 amide bonds. The molecule has 1 aromatic carbocycles. The fourth-order valence-corrected chi connectivity index (χ4v) is 2.32. The number of aromatic amines is 1. The van der Waals surface area contributed by atoms with Crippen molar-refractivity contribution in [3.05, 3.63) is 41.9 Å². The van der Waals surface area contributed by atoms with E-state index in [2.05, 4.69) is 39.3 Å². The first-order chi connectivity index (χ1) is 10.7. The highest BCUT2D eigenvalue weighted by Gasteiger charge is 2.13.